The van der Waals surface area contributed by atoms with Gasteiger partial charge in [0.05, 0.1) is 11.6 Å². The van der Waals surface area contributed by atoms with Crippen LogP contribution in [0.5, 0.6) is 11.5 Å². The Labute approximate surface area is 190 Å². The summed E-state index contributed by atoms with van der Waals surface area (Å²) in [6, 6.07) is 22.1. The van der Waals surface area contributed by atoms with Crippen LogP contribution in [-0.2, 0) is 11.3 Å². The summed E-state index contributed by atoms with van der Waals surface area (Å²) in [6.45, 7) is 0.827. The number of hydrogen-bond acceptors (Lipinski definition) is 5. The average molecular weight is 438 g/mol. The summed E-state index contributed by atoms with van der Waals surface area (Å²) in [6.07, 6.45) is 3.95. The largest absolute Gasteiger partial charge is 0.457 e. The molecule has 2 aromatic carbocycles. The number of pyridine rings is 1. The van der Waals surface area contributed by atoms with Crippen LogP contribution in [0.2, 0.25) is 0 Å². The molecule has 0 bridgehead atoms. The molecule has 164 valence electrons. The highest BCUT2D eigenvalue weighted by Crippen LogP contribution is 2.43. The van der Waals surface area contributed by atoms with Crippen molar-refractivity contribution in [2.75, 3.05) is 6.54 Å². The van der Waals surface area contributed by atoms with Gasteiger partial charge in [0.15, 0.2) is 0 Å². The number of rotatable bonds is 6. The van der Waals surface area contributed by atoms with Crippen LogP contribution in [0.25, 0.3) is 11.3 Å². The minimum absolute atomic E-state index is 0.0935. The number of para-hydroxylation sites is 2. The van der Waals surface area contributed by atoms with Gasteiger partial charge in [0.25, 0.3) is 5.56 Å². The quantitative estimate of drug-likeness (QED) is 0.464. The van der Waals surface area contributed by atoms with Gasteiger partial charge < -0.3 is 10.1 Å². The lowest BCUT2D eigenvalue weighted by Gasteiger charge is -2.27. The van der Waals surface area contributed by atoms with Gasteiger partial charge in [-0.25, -0.2) is 4.68 Å². The number of amides is 1. The molecule has 0 saturated heterocycles. The zero-order chi connectivity index (χ0) is 22.6. The Balaban J connectivity index is 1.27. The number of carbonyl (C=O) groups excluding carboxylic acids is 1. The monoisotopic (exact) mass is 438 g/mol. The fraction of sp³-hybridized carbons (Fsp3) is 0.154. The van der Waals surface area contributed by atoms with Gasteiger partial charge in [-0.3, -0.25) is 14.6 Å². The van der Waals surface area contributed by atoms with E-state index in [9.17, 15) is 9.59 Å². The fourth-order valence-electron chi connectivity index (χ4n) is 4.02. The van der Waals surface area contributed by atoms with Gasteiger partial charge in [0, 0.05) is 48.2 Å². The lowest BCUT2D eigenvalue weighted by Crippen LogP contribution is -2.33. The van der Waals surface area contributed by atoms with E-state index in [1.807, 2.05) is 60.7 Å². The molecule has 2 aromatic heterocycles. The topological polar surface area (TPSA) is 86.1 Å². The molecule has 1 amide bonds. The second kappa shape index (κ2) is 9.08. The molecule has 5 rings (SSSR count). The molecule has 0 fully saturated rings. The van der Waals surface area contributed by atoms with Crippen LogP contribution in [0, 0.1) is 0 Å². The maximum atomic E-state index is 13.2. The van der Waals surface area contributed by atoms with E-state index in [2.05, 4.69) is 15.4 Å². The zero-order valence-electron chi connectivity index (χ0n) is 17.8. The predicted molar refractivity (Wildman–Crippen MR) is 124 cm³/mol. The fourth-order valence-corrected chi connectivity index (χ4v) is 4.02. The van der Waals surface area contributed by atoms with E-state index < -0.39 is 5.92 Å². The molecule has 1 aliphatic rings. The van der Waals surface area contributed by atoms with Crippen LogP contribution in [0.1, 0.15) is 23.5 Å². The van der Waals surface area contributed by atoms with E-state index in [1.165, 1.54) is 10.7 Å². The zero-order valence-corrected chi connectivity index (χ0v) is 17.8. The molecule has 33 heavy (non-hydrogen) atoms. The normalized spacial score (nSPS) is 12.4. The van der Waals surface area contributed by atoms with E-state index in [1.54, 1.807) is 18.5 Å². The maximum Gasteiger partial charge on any atom is 0.266 e. The minimum Gasteiger partial charge on any atom is -0.457 e. The number of nitrogens with one attached hydrogen (secondary N) is 1. The summed E-state index contributed by atoms with van der Waals surface area (Å²) in [7, 11) is 0. The third kappa shape index (κ3) is 4.25. The van der Waals surface area contributed by atoms with Crippen LogP contribution in [0.4, 0.5) is 0 Å². The standard InChI is InChI=1S/C26H22N4O3/c31-24-11-10-21(18-12-15-27-16-13-18)29-30(24)17-5-14-28-26(32)25-19-6-1-3-8-22(19)33-23-9-4-2-7-20(23)25/h1-4,6-13,15-16,25H,5,14,17H2,(H,28,32). The molecule has 1 aliphatic heterocycles. The van der Waals surface area contributed by atoms with Gasteiger partial charge in [-0.05, 0) is 36.8 Å². The Morgan fingerprint density at radius 1 is 0.909 bits per heavy atom. The molecule has 7 heteroatoms. The van der Waals surface area contributed by atoms with Crippen molar-refractivity contribution in [3.8, 4) is 22.8 Å². The van der Waals surface area contributed by atoms with E-state index in [0.717, 1.165) is 16.7 Å². The maximum absolute atomic E-state index is 13.2. The van der Waals surface area contributed by atoms with Crippen molar-refractivity contribution in [1.82, 2.24) is 20.1 Å². The van der Waals surface area contributed by atoms with Crippen molar-refractivity contribution in [3.63, 3.8) is 0 Å². The van der Waals surface area contributed by atoms with E-state index >= 15 is 0 Å². The highest BCUT2D eigenvalue weighted by Gasteiger charge is 2.32. The summed E-state index contributed by atoms with van der Waals surface area (Å²) < 4.78 is 7.40. The first kappa shape index (κ1) is 20.6. The number of aromatic nitrogens is 3. The highest BCUT2D eigenvalue weighted by atomic mass is 16.5. The van der Waals surface area contributed by atoms with Gasteiger partial charge in [0.1, 0.15) is 11.5 Å². The number of nitrogens with zero attached hydrogens (tertiary/aromatic N) is 3. The summed E-state index contributed by atoms with van der Waals surface area (Å²) in [5.41, 5.74) is 3.11. The van der Waals surface area contributed by atoms with Crippen molar-refractivity contribution in [3.05, 3.63) is 107 Å². The van der Waals surface area contributed by atoms with Gasteiger partial charge in [-0.1, -0.05) is 36.4 Å². The van der Waals surface area contributed by atoms with Gasteiger partial charge in [-0.15, -0.1) is 0 Å². The molecule has 3 heterocycles. The second-order valence-electron chi connectivity index (χ2n) is 7.77. The summed E-state index contributed by atoms with van der Waals surface area (Å²) in [5, 5.41) is 7.48. The number of hydrogen-bond donors (Lipinski definition) is 1. The molecule has 4 aromatic rings. The van der Waals surface area contributed by atoms with E-state index in [4.69, 9.17) is 4.74 Å². The molecular weight excluding hydrogens is 416 g/mol. The SMILES string of the molecule is O=C(NCCCn1nc(-c2ccncc2)ccc1=O)C1c2ccccc2Oc2ccccc21. The molecule has 0 unspecified atom stereocenters. The van der Waals surface area contributed by atoms with Crippen LogP contribution >= 0.6 is 0 Å². The molecule has 7 nitrogen and oxygen atoms in total. The minimum atomic E-state index is -0.443. The summed E-state index contributed by atoms with van der Waals surface area (Å²) in [4.78, 5) is 29.4. The van der Waals surface area contributed by atoms with Crippen LogP contribution in [0.15, 0.2) is 90.0 Å². The Hall–Kier alpha value is -4.26. The first-order valence-corrected chi connectivity index (χ1v) is 10.8. The van der Waals surface area contributed by atoms with Gasteiger partial charge in [-0.2, -0.15) is 5.10 Å². The molecule has 0 spiro atoms. The van der Waals surface area contributed by atoms with Gasteiger partial charge >= 0.3 is 0 Å². The highest BCUT2D eigenvalue weighted by molar-refractivity contribution is 5.89. The first-order chi connectivity index (χ1) is 16.2. The number of ether oxygens (including phenoxy) is 1. The number of fused-ring (bicyclic) bond motifs is 2. The van der Waals surface area contributed by atoms with Gasteiger partial charge in [0.2, 0.25) is 5.91 Å². The number of carbonyl (C=O) groups is 1. The van der Waals surface area contributed by atoms with Crippen LogP contribution < -0.4 is 15.6 Å². The Kier molecular flexibility index (Phi) is 5.68. The Bertz CT molecular complexity index is 1310. The molecule has 1 N–H and O–H groups in total. The third-order valence-electron chi connectivity index (χ3n) is 5.63. The van der Waals surface area contributed by atoms with Crippen molar-refractivity contribution < 1.29 is 9.53 Å². The van der Waals surface area contributed by atoms with Crippen molar-refractivity contribution in [1.29, 1.82) is 0 Å². The van der Waals surface area contributed by atoms with Crippen molar-refractivity contribution in [2.45, 2.75) is 18.9 Å². The van der Waals surface area contributed by atoms with Crippen LogP contribution in [-0.4, -0.2) is 27.2 Å². The lowest BCUT2D eigenvalue weighted by atomic mass is 9.87. The molecule has 0 aliphatic carbocycles. The number of aryl methyl sites for hydroxylation is 1. The smallest absolute Gasteiger partial charge is 0.266 e. The molecule has 0 atom stereocenters. The first-order valence-electron chi connectivity index (χ1n) is 10.8. The molecule has 0 saturated carbocycles. The molecule has 0 radical (unpaired) electrons. The van der Waals surface area contributed by atoms with Crippen molar-refractivity contribution in [2.24, 2.45) is 0 Å². The average Bonchev–Trinajstić information content (AvgIpc) is 2.86. The summed E-state index contributed by atoms with van der Waals surface area (Å²) >= 11 is 0. The lowest BCUT2D eigenvalue weighted by molar-refractivity contribution is -0.121. The van der Waals surface area contributed by atoms with E-state index in [-0.39, 0.29) is 11.5 Å². The van der Waals surface area contributed by atoms with E-state index in [0.29, 0.717) is 36.7 Å². The third-order valence-corrected chi connectivity index (χ3v) is 5.63. The predicted octanol–water partition coefficient (Wildman–Crippen LogP) is 3.75. The second-order valence-corrected chi connectivity index (χ2v) is 7.77. The Morgan fingerprint density at radius 3 is 2.27 bits per heavy atom. The Morgan fingerprint density at radius 2 is 1.58 bits per heavy atom. The summed E-state index contributed by atoms with van der Waals surface area (Å²) in [5.74, 6) is 0.853. The van der Waals surface area contributed by atoms with Crippen LogP contribution in [0.3, 0.4) is 0 Å². The molecular formula is C26H22N4O3. The van der Waals surface area contributed by atoms with Crippen molar-refractivity contribution >= 4 is 5.91 Å². The number of benzene rings is 2.